The smallest absolute Gasteiger partial charge is 0.338 e. The number of ether oxygens (including phenoxy) is 1. The van der Waals surface area contributed by atoms with Crippen molar-refractivity contribution in [3.63, 3.8) is 0 Å². The van der Waals surface area contributed by atoms with Gasteiger partial charge >= 0.3 is 12.0 Å². The van der Waals surface area contributed by atoms with Gasteiger partial charge < -0.3 is 15.4 Å². The van der Waals surface area contributed by atoms with Crippen LogP contribution in [0.2, 0.25) is 5.02 Å². The minimum Gasteiger partial charge on any atom is -0.463 e. The molecular formula is C21H21ClN2O5S. The summed E-state index contributed by atoms with van der Waals surface area (Å²) in [4.78, 5) is 25.2. The fraction of sp³-hybridized carbons (Fsp3) is 0.238. The van der Waals surface area contributed by atoms with Gasteiger partial charge in [-0.2, -0.15) is 0 Å². The quantitative estimate of drug-likeness (QED) is 0.660. The molecule has 1 atom stereocenters. The molecule has 0 aromatic heterocycles. The molecule has 0 fully saturated rings. The van der Waals surface area contributed by atoms with Crippen LogP contribution < -0.4 is 10.6 Å². The largest absolute Gasteiger partial charge is 0.463 e. The van der Waals surface area contributed by atoms with E-state index < -0.39 is 33.6 Å². The third-order valence-corrected chi connectivity index (χ3v) is 6.57. The first kappa shape index (κ1) is 21.9. The molecule has 158 valence electrons. The van der Waals surface area contributed by atoms with Crippen LogP contribution in [-0.4, -0.2) is 32.8 Å². The first-order valence-corrected chi connectivity index (χ1v) is 11.3. The van der Waals surface area contributed by atoms with E-state index in [9.17, 15) is 18.0 Å². The lowest BCUT2D eigenvalue weighted by Crippen LogP contribution is -2.47. The highest BCUT2D eigenvalue weighted by Gasteiger charge is 2.36. The van der Waals surface area contributed by atoms with Crippen molar-refractivity contribution in [2.45, 2.75) is 24.8 Å². The number of nitrogens with one attached hydrogen (secondary N) is 2. The Labute approximate surface area is 180 Å². The minimum absolute atomic E-state index is 0.0135. The van der Waals surface area contributed by atoms with Crippen molar-refractivity contribution in [2.75, 3.05) is 12.4 Å². The fourth-order valence-electron chi connectivity index (χ4n) is 3.24. The molecule has 1 aliphatic heterocycles. The Hall–Kier alpha value is -2.84. The van der Waals surface area contributed by atoms with Gasteiger partial charge in [-0.25, -0.2) is 18.0 Å². The van der Waals surface area contributed by atoms with Crippen LogP contribution in [0, 0.1) is 6.92 Å². The van der Waals surface area contributed by atoms with Crippen molar-refractivity contribution < 1.29 is 22.7 Å². The molecular weight excluding hydrogens is 428 g/mol. The topological polar surface area (TPSA) is 102 Å². The van der Waals surface area contributed by atoms with Crippen molar-refractivity contribution in [2.24, 2.45) is 0 Å². The van der Waals surface area contributed by atoms with E-state index in [1.54, 1.807) is 19.1 Å². The molecule has 7 nitrogen and oxygen atoms in total. The standard InChI is InChI=1S/C21H21ClN2O5S/c1-3-29-20(25)18-17(12-30(27,28)15-10-8-14(22)9-11-15)23-21(26)24-19(18)16-7-5-4-6-13(16)2/h4-11,19H,3,12H2,1-2H3,(H2,23,24,26). The van der Waals surface area contributed by atoms with Crippen LogP contribution >= 0.6 is 11.6 Å². The predicted molar refractivity (Wildman–Crippen MR) is 113 cm³/mol. The number of hydrogen-bond acceptors (Lipinski definition) is 5. The van der Waals surface area contributed by atoms with E-state index in [0.717, 1.165) is 5.56 Å². The van der Waals surface area contributed by atoms with Gasteiger partial charge in [-0.15, -0.1) is 0 Å². The number of esters is 1. The zero-order valence-electron chi connectivity index (χ0n) is 16.4. The van der Waals surface area contributed by atoms with Gasteiger partial charge in [0.15, 0.2) is 9.84 Å². The first-order valence-electron chi connectivity index (χ1n) is 9.24. The summed E-state index contributed by atoms with van der Waals surface area (Å²) in [5.74, 6) is -1.27. The number of aryl methyl sites for hydroxylation is 1. The van der Waals surface area contributed by atoms with E-state index in [1.165, 1.54) is 24.3 Å². The van der Waals surface area contributed by atoms with Crippen LogP contribution in [0.3, 0.4) is 0 Å². The van der Waals surface area contributed by atoms with Crippen molar-refractivity contribution >= 4 is 33.4 Å². The Morgan fingerprint density at radius 2 is 1.80 bits per heavy atom. The summed E-state index contributed by atoms with van der Waals surface area (Å²) in [6.45, 7) is 3.60. The summed E-state index contributed by atoms with van der Waals surface area (Å²) in [6, 6.07) is 11.5. The number of carbonyl (C=O) groups is 2. The SMILES string of the molecule is CCOC(=O)C1=C(CS(=O)(=O)c2ccc(Cl)cc2)NC(=O)NC1c1ccccc1C. The molecule has 2 aromatic rings. The molecule has 2 aromatic carbocycles. The number of benzene rings is 2. The van der Waals surface area contributed by atoms with Gasteiger partial charge in [0.2, 0.25) is 0 Å². The molecule has 2 N–H and O–H groups in total. The number of sulfone groups is 1. The van der Waals surface area contributed by atoms with Gasteiger partial charge in [-0.05, 0) is 49.2 Å². The van der Waals surface area contributed by atoms with E-state index in [-0.39, 0.29) is 22.8 Å². The van der Waals surface area contributed by atoms with Crippen LogP contribution in [0.1, 0.15) is 24.1 Å². The van der Waals surface area contributed by atoms with Gasteiger partial charge in [0.1, 0.15) is 0 Å². The highest BCUT2D eigenvalue weighted by Crippen LogP contribution is 2.31. The minimum atomic E-state index is -3.86. The Bertz CT molecular complexity index is 1110. The predicted octanol–water partition coefficient (Wildman–Crippen LogP) is 3.29. The highest BCUT2D eigenvalue weighted by atomic mass is 35.5. The number of urea groups is 1. The Balaban J connectivity index is 2.11. The maximum Gasteiger partial charge on any atom is 0.338 e. The summed E-state index contributed by atoms with van der Waals surface area (Å²) in [6.07, 6.45) is 0. The van der Waals surface area contributed by atoms with Gasteiger partial charge in [0.25, 0.3) is 0 Å². The van der Waals surface area contributed by atoms with Crippen LogP contribution in [0.15, 0.2) is 64.7 Å². The van der Waals surface area contributed by atoms with Crippen molar-refractivity contribution in [3.05, 3.63) is 76.0 Å². The summed E-state index contributed by atoms with van der Waals surface area (Å²) >= 11 is 5.84. The van der Waals surface area contributed by atoms with Gasteiger partial charge in [0, 0.05) is 10.7 Å². The van der Waals surface area contributed by atoms with E-state index in [1.807, 2.05) is 19.1 Å². The summed E-state index contributed by atoms with van der Waals surface area (Å²) < 4.78 is 31.1. The molecule has 0 spiro atoms. The maximum absolute atomic E-state index is 13.0. The van der Waals surface area contributed by atoms with Crippen LogP contribution in [0.25, 0.3) is 0 Å². The van der Waals surface area contributed by atoms with Crippen LogP contribution in [0.4, 0.5) is 4.79 Å². The van der Waals surface area contributed by atoms with Gasteiger partial charge in [-0.1, -0.05) is 35.9 Å². The molecule has 0 saturated carbocycles. The van der Waals surface area contributed by atoms with Gasteiger partial charge in [0.05, 0.1) is 28.9 Å². The van der Waals surface area contributed by atoms with Crippen molar-refractivity contribution in [1.82, 2.24) is 10.6 Å². The lowest BCUT2D eigenvalue weighted by atomic mass is 9.92. The molecule has 0 radical (unpaired) electrons. The van der Waals surface area contributed by atoms with E-state index in [0.29, 0.717) is 10.6 Å². The molecule has 3 rings (SSSR count). The summed E-state index contributed by atoms with van der Waals surface area (Å²) in [7, 11) is -3.86. The molecule has 1 aliphatic rings. The third-order valence-electron chi connectivity index (χ3n) is 4.66. The highest BCUT2D eigenvalue weighted by molar-refractivity contribution is 7.91. The summed E-state index contributed by atoms with van der Waals surface area (Å²) in [5, 5.41) is 5.59. The second-order valence-electron chi connectivity index (χ2n) is 6.71. The number of rotatable bonds is 6. The van der Waals surface area contributed by atoms with Crippen LogP contribution in [-0.2, 0) is 19.4 Å². The number of halogens is 1. The molecule has 0 saturated heterocycles. The Kier molecular flexibility index (Phi) is 6.48. The second kappa shape index (κ2) is 8.89. The number of carbonyl (C=O) groups excluding carboxylic acids is 2. The Morgan fingerprint density at radius 3 is 2.43 bits per heavy atom. The molecule has 9 heteroatoms. The third kappa shape index (κ3) is 4.66. The average Bonchev–Trinajstić information content (AvgIpc) is 2.68. The number of amides is 2. The molecule has 2 amide bonds. The molecule has 1 unspecified atom stereocenters. The second-order valence-corrected chi connectivity index (χ2v) is 9.14. The van der Waals surface area contributed by atoms with E-state index in [4.69, 9.17) is 16.3 Å². The summed E-state index contributed by atoms with van der Waals surface area (Å²) in [5.41, 5.74) is 1.56. The zero-order chi connectivity index (χ0) is 21.9. The first-order chi connectivity index (χ1) is 14.2. The van der Waals surface area contributed by atoms with Gasteiger partial charge in [-0.3, -0.25) is 0 Å². The lowest BCUT2D eigenvalue weighted by molar-refractivity contribution is -0.139. The van der Waals surface area contributed by atoms with Crippen molar-refractivity contribution in [3.8, 4) is 0 Å². The average molecular weight is 449 g/mol. The van der Waals surface area contributed by atoms with Crippen molar-refractivity contribution in [1.29, 1.82) is 0 Å². The molecule has 0 aliphatic carbocycles. The fourth-order valence-corrected chi connectivity index (χ4v) is 4.69. The maximum atomic E-state index is 13.0. The van der Waals surface area contributed by atoms with E-state index >= 15 is 0 Å². The van der Waals surface area contributed by atoms with Crippen LogP contribution in [0.5, 0.6) is 0 Å². The zero-order valence-corrected chi connectivity index (χ0v) is 18.0. The normalized spacial score (nSPS) is 16.6. The molecule has 1 heterocycles. The molecule has 0 bridgehead atoms. The lowest BCUT2D eigenvalue weighted by Gasteiger charge is -2.30. The van der Waals surface area contributed by atoms with E-state index in [2.05, 4.69) is 10.6 Å². The monoisotopic (exact) mass is 448 g/mol. The molecule has 30 heavy (non-hydrogen) atoms. The Morgan fingerprint density at radius 1 is 1.13 bits per heavy atom. The number of hydrogen-bond donors (Lipinski definition) is 2.